The van der Waals surface area contributed by atoms with Gasteiger partial charge in [-0.1, -0.05) is 36.4 Å². The van der Waals surface area contributed by atoms with Gasteiger partial charge in [-0.05, 0) is 53.3 Å². The Labute approximate surface area is 130 Å². The van der Waals surface area contributed by atoms with Crippen molar-refractivity contribution in [2.45, 2.75) is 12.8 Å². The Morgan fingerprint density at radius 1 is 0.864 bits per heavy atom. The summed E-state index contributed by atoms with van der Waals surface area (Å²) < 4.78 is 5.35. The lowest BCUT2D eigenvalue weighted by atomic mass is 9.86. The van der Waals surface area contributed by atoms with Crippen LogP contribution in [0.5, 0.6) is 5.75 Å². The van der Waals surface area contributed by atoms with Crippen LogP contribution in [0.2, 0.25) is 0 Å². The SMILES string of the molecule is COc1ccc2c(c1)CCc1cnc(-c3ccccc3)cc1-2. The molecule has 0 spiro atoms. The fourth-order valence-electron chi connectivity index (χ4n) is 3.14. The molecule has 0 saturated heterocycles. The van der Waals surface area contributed by atoms with Crippen LogP contribution in [0.3, 0.4) is 0 Å². The number of methoxy groups -OCH3 is 1. The van der Waals surface area contributed by atoms with Gasteiger partial charge in [0.2, 0.25) is 0 Å². The molecule has 3 aromatic rings. The number of aromatic nitrogens is 1. The van der Waals surface area contributed by atoms with Gasteiger partial charge in [0.15, 0.2) is 0 Å². The van der Waals surface area contributed by atoms with Gasteiger partial charge in [0.25, 0.3) is 0 Å². The minimum atomic E-state index is 0.930. The zero-order valence-corrected chi connectivity index (χ0v) is 12.5. The highest BCUT2D eigenvalue weighted by molar-refractivity contribution is 5.77. The van der Waals surface area contributed by atoms with E-state index in [4.69, 9.17) is 4.74 Å². The monoisotopic (exact) mass is 287 g/mol. The number of benzene rings is 2. The van der Waals surface area contributed by atoms with Gasteiger partial charge >= 0.3 is 0 Å². The second-order valence-corrected chi connectivity index (χ2v) is 5.62. The zero-order chi connectivity index (χ0) is 14.9. The van der Waals surface area contributed by atoms with Crippen molar-refractivity contribution in [3.8, 4) is 28.1 Å². The van der Waals surface area contributed by atoms with Crippen molar-refractivity contribution in [1.29, 1.82) is 0 Å². The summed E-state index contributed by atoms with van der Waals surface area (Å²) >= 11 is 0. The molecule has 0 amide bonds. The summed E-state index contributed by atoms with van der Waals surface area (Å²) in [6, 6.07) is 18.9. The highest BCUT2D eigenvalue weighted by Gasteiger charge is 2.17. The van der Waals surface area contributed by atoms with Crippen LogP contribution in [-0.4, -0.2) is 12.1 Å². The fourth-order valence-corrected chi connectivity index (χ4v) is 3.14. The predicted molar refractivity (Wildman–Crippen MR) is 89.1 cm³/mol. The highest BCUT2D eigenvalue weighted by Crippen LogP contribution is 2.36. The molecular formula is C20H17NO. The van der Waals surface area contributed by atoms with E-state index in [1.54, 1.807) is 7.11 Å². The van der Waals surface area contributed by atoms with E-state index in [-0.39, 0.29) is 0 Å². The molecule has 0 unspecified atom stereocenters. The Kier molecular flexibility index (Phi) is 3.15. The molecule has 108 valence electrons. The number of rotatable bonds is 2. The molecule has 0 saturated carbocycles. The quantitative estimate of drug-likeness (QED) is 0.691. The van der Waals surface area contributed by atoms with E-state index in [9.17, 15) is 0 Å². The minimum Gasteiger partial charge on any atom is -0.497 e. The summed E-state index contributed by atoms with van der Waals surface area (Å²) in [5.74, 6) is 0.930. The Bertz CT molecular complexity index is 824. The van der Waals surface area contributed by atoms with E-state index in [1.165, 1.54) is 22.3 Å². The third kappa shape index (κ3) is 2.17. The number of pyridine rings is 1. The third-order valence-corrected chi connectivity index (χ3v) is 4.32. The van der Waals surface area contributed by atoms with E-state index in [1.807, 2.05) is 18.3 Å². The first-order valence-electron chi connectivity index (χ1n) is 7.57. The smallest absolute Gasteiger partial charge is 0.119 e. The molecule has 0 aliphatic heterocycles. The van der Waals surface area contributed by atoms with Crippen LogP contribution in [0.15, 0.2) is 60.8 Å². The topological polar surface area (TPSA) is 22.1 Å². The van der Waals surface area contributed by atoms with Crippen LogP contribution in [0, 0.1) is 0 Å². The molecule has 0 atom stereocenters. The molecule has 1 aromatic heterocycles. The second-order valence-electron chi connectivity index (χ2n) is 5.62. The van der Waals surface area contributed by atoms with Crippen molar-refractivity contribution in [2.75, 3.05) is 7.11 Å². The number of hydrogen-bond donors (Lipinski definition) is 0. The van der Waals surface area contributed by atoms with Crippen LogP contribution >= 0.6 is 0 Å². The summed E-state index contributed by atoms with van der Waals surface area (Å²) in [6.07, 6.45) is 4.12. The lowest BCUT2D eigenvalue weighted by Crippen LogP contribution is -2.05. The summed E-state index contributed by atoms with van der Waals surface area (Å²) in [5, 5.41) is 0. The standard InChI is InChI=1S/C20H17NO/c1-22-17-9-10-18-15(11-17)7-8-16-13-21-20(12-19(16)18)14-5-3-2-4-6-14/h2-6,9-13H,7-8H2,1H3. The molecular weight excluding hydrogens is 270 g/mol. The van der Waals surface area contributed by atoms with Crippen LogP contribution < -0.4 is 4.74 Å². The van der Waals surface area contributed by atoms with Crippen LogP contribution in [0.1, 0.15) is 11.1 Å². The van der Waals surface area contributed by atoms with Crippen LogP contribution in [0.25, 0.3) is 22.4 Å². The van der Waals surface area contributed by atoms with Gasteiger partial charge in [0.05, 0.1) is 12.8 Å². The van der Waals surface area contributed by atoms with E-state index in [0.29, 0.717) is 0 Å². The first-order chi connectivity index (χ1) is 10.8. The van der Waals surface area contributed by atoms with Crippen molar-refractivity contribution in [1.82, 2.24) is 4.98 Å². The number of ether oxygens (including phenoxy) is 1. The molecule has 22 heavy (non-hydrogen) atoms. The molecule has 0 bridgehead atoms. The highest BCUT2D eigenvalue weighted by atomic mass is 16.5. The normalized spacial score (nSPS) is 12.4. The molecule has 0 radical (unpaired) electrons. The first kappa shape index (κ1) is 13.1. The maximum atomic E-state index is 5.35. The van der Waals surface area contributed by atoms with Crippen molar-refractivity contribution in [3.05, 3.63) is 71.9 Å². The number of hydrogen-bond acceptors (Lipinski definition) is 2. The van der Waals surface area contributed by atoms with E-state index < -0.39 is 0 Å². The molecule has 1 aliphatic rings. The van der Waals surface area contributed by atoms with Gasteiger partial charge in [0.1, 0.15) is 5.75 Å². The molecule has 2 nitrogen and oxygen atoms in total. The lowest BCUT2D eigenvalue weighted by Gasteiger charge is -2.21. The number of fused-ring (bicyclic) bond motifs is 3. The van der Waals surface area contributed by atoms with Crippen molar-refractivity contribution >= 4 is 0 Å². The lowest BCUT2D eigenvalue weighted by molar-refractivity contribution is 0.414. The van der Waals surface area contributed by atoms with Crippen LogP contribution in [-0.2, 0) is 12.8 Å². The molecule has 2 heteroatoms. The zero-order valence-electron chi connectivity index (χ0n) is 12.5. The predicted octanol–water partition coefficient (Wildman–Crippen LogP) is 4.52. The second kappa shape index (κ2) is 5.30. The molecule has 0 fully saturated rings. The number of nitrogens with zero attached hydrogens (tertiary/aromatic N) is 1. The maximum Gasteiger partial charge on any atom is 0.119 e. The summed E-state index contributed by atoms with van der Waals surface area (Å²) in [7, 11) is 1.72. The molecule has 1 heterocycles. The number of aryl methyl sites for hydroxylation is 2. The summed E-state index contributed by atoms with van der Waals surface area (Å²) in [4.78, 5) is 4.64. The Balaban J connectivity index is 1.85. The van der Waals surface area contributed by atoms with Gasteiger partial charge in [0, 0.05) is 11.8 Å². The Morgan fingerprint density at radius 3 is 2.50 bits per heavy atom. The van der Waals surface area contributed by atoms with Gasteiger partial charge in [-0.2, -0.15) is 0 Å². The van der Waals surface area contributed by atoms with Crippen LogP contribution in [0.4, 0.5) is 0 Å². The summed E-state index contributed by atoms with van der Waals surface area (Å²) in [6.45, 7) is 0. The van der Waals surface area contributed by atoms with E-state index in [0.717, 1.165) is 29.8 Å². The fraction of sp³-hybridized carbons (Fsp3) is 0.150. The molecule has 1 aliphatic carbocycles. The molecule has 2 aromatic carbocycles. The minimum absolute atomic E-state index is 0.930. The van der Waals surface area contributed by atoms with Gasteiger partial charge in [-0.25, -0.2) is 0 Å². The third-order valence-electron chi connectivity index (χ3n) is 4.32. The largest absolute Gasteiger partial charge is 0.497 e. The Hall–Kier alpha value is -2.61. The van der Waals surface area contributed by atoms with E-state index >= 15 is 0 Å². The maximum absolute atomic E-state index is 5.35. The average Bonchev–Trinajstić information content (AvgIpc) is 2.61. The van der Waals surface area contributed by atoms with Crippen molar-refractivity contribution < 1.29 is 4.74 Å². The summed E-state index contributed by atoms with van der Waals surface area (Å²) in [5.41, 5.74) is 7.49. The van der Waals surface area contributed by atoms with Crippen molar-refractivity contribution in [2.24, 2.45) is 0 Å². The van der Waals surface area contributed by atoms with Gasteiger partial charge < -0.3 is 4.74 Å². The molecule has 4 rings (SSSR count). The van der Waals surface area contributed by atoms with Crippen molar-refractivity contribution in [3.63, 3.8) is 0 Å². The molecule has 0 N–H and O–H groups in total. The van der Waals surface area contributed by atoms with Gasteiger partial charge in [-0.15, -0.1) is 0 Å². The first-order valence-corrected chi connectivity index (χ1v) is 7.57. The Morgan fingerprint density at radius 2 is 1.68 bits per heavy atom. The van der Waals surface area contributed by atoms with Gasteiger partial charge in [-0.3, -0.25) is 4.98 Å². The van der Waals surface area contributed by atoms with E-state index in [2.05, 4.69) is 47.4 Å². The average molecular weight is 287 g/mol.